The number of ether oxygens (including phenoxy) is 1. The lowest BCUT2D eigenvalue weighted by Crippen LogP contribution is -2.19. The highest BCUT2D eigenvalue weighted by Gasteiger charge is 2.17. The second-order valence-corrected chi connectivity index (χ2v) is 7.78. The molecule has 0 unspecified atom stereocenters. The Morgan fingerprint density at radius 1 is 0.815 bits per heavy atom. The van der Waals surface area contributed by atoms with Gasteiger partial charge in [-0.1, -0.05) is 36.4 Å². The quantitative estimate of drug-likeness (QED) is 0.679. The van der Waals surface area contributed by atoms with Crippen LogP contribution in [0.5, 0.6) is 11.5 Å². The van der Waals surface area contributed by atoms with Gasteiger partial charge in [0.05, 0.1) is 0 Å². The lowest BCUT2D eigenvalue weighted by atomic mass is 10.3. The number of hydrogen-bond acceptors (Lipinski definition) is 4. The number of sulfone groups is 1. The number of benzene rings is 3. The zero-order chi connectivity index (χ0) is 19.3. The first kappa shape index (κ1) is 18.5. The van der Waals surface area contributed by atoms with Crippen molar-refractivity contribution in [1.29, 1.82) is 0 Å². The Morgan fingerprint density at radius 2 is 1.41 bits per heavy atom. The highest BCUT2D eigenvalue weighted by Crippen LogP contribution is 2.31. The molecule has 0 fully saturated rings. The van der Waals surface area contributed by atoms with E-state index in [1.165, 1.54) is 12.1 Å². The summed E-state index contributed by atoms with van der Waals surface area (Å²) < 4.78 is 30.0. The van der Waals surface area contributed by atoms with Gasteiger partial charge in [-0.2, -0.15) is 0 Å². The van der Waals surface area contributed by atoms with Crippen LogP contribution < -0.4 is 15.4 Å². The molecule has 138 valence electrons. The van der Waals surface area contributed by atoms with E-state index < -0.39 is 15.9 Å². The Hall–Kier alpha value is -3.32. The van der Waals surface area contributed by atoms with Crippen LogP contribution in [0.25, 0.3) is 0 Å². The molecule has 0 saturated heterocycles. The van der Waals surface area contributed by atoms with Crippen LogP contribution in [-0.4, -0.2) is 20.7 Å². The second kappa shape index (κ2) is 7.92. The molecule has 0 radical (unpaired) electrons. The number of anilines is 2. The van der Waals surface area contributed by atoms with E-state index >= 15 is 0 Å². The van der Waals surface area contributed by atoms with Crippen LogP contribution in [0, 0.1) is 0 Å². The van der Waals surface area contributed by atoms with Crippen LogP contribution in [0.2, 0.25) is 0 Å². The molecule has 3 aromatic rings. The molecule has 0 aliphatic rings. The van der Waals surface area contributed by atoms with Gasteiger partial charge < -0.3 is 15.4 Å². The van der Waals surface area contributed by atoms with E-state index in [4.69, 9.17) is 4.74 Å². The topological polar surface area (TPSA) is 84.5 Å². The van der Waals surface area contributed by atoms with Gasteiger partial charge in [0.15, 0.2) is 9.84 Å². The largest absolute Gasteiger partial charge is 0.456 e. The predicted octanol–water partition coefficient (Wildman–Crippen LogP) is 4.53. The normalized spacial score (nSPS) is 10.9. The molecule has 6 nitrogen and oxygen atoms in total. The van der Waals surface area contributed by atoms with Crippen LogP contribution in [-0.2, 0) is 9.84 Å². The van der Waals surface area contributed by atoms with E-state index in [0.29, 0.717) is 17.1 Å². The van der Waals surface area contributed by atoms with Gasteiger partial charge in [0.2, 0.25) is 0 Å². The molecule has 27 heavy (non-hydrogen) atoms. The Morgan fingerprint density at radius 3 is 2.04 bits per heavy atom. The van der Waals surface area contributed by atoms with E-state index in [0.717, 1.165) is 6.26 Å². The summed E-state index contributed by atoms with van der Waals surface area (Å²) in [7, 11) is -3.57. The zero-order valence-corrected chi connectivity index (χ0v) is 15.4. The number of carbonyl (C=O) groups is 1. The second-order valence-electron chi connectivity index (χ2n) is 5.79. The minimum absolute atomic E-state index is 0.0103. The van der Waals surface area contributed by atoms with E-state index in [-0.39, 0.29) is 10.6 Å². The first-order chi connectivity index (χ1) is 12.9. The SMILES string of the molecule is CS(=O)(=O)c1cc(NC(=O)Nc2ccccc2)ccc1Oc1ccccc1. The molecule has 2 N–H and O–H groups in total. The first-order valence-electron chi connectivity index (χ1n) is 8.12. The molecule has 3 rings (SSSR count). The molecular formula is C20H18N2O4S. The first-order valence-corrected chi connectivity index (χ1v) is 10.0. The summed E-state index contributed by atoms with van der Waals surface area (Å²) in [5.41, 5.74) is 0.964. The predicted molar refractivity (Wildman–Crippen MR) is 105 cm³/mol. The fourth-order valence-electron chi connectivity index (χ4n) is 2.39. The van der Waals surface area contributed by atoms with Crippen molar-refractivity contribution in [1.82, 2.24) is 0 Å². The van der Waals surface area contributed by atoms with Gasteiger partial charge in [-0.3, -0.25) is 0 Å². The molecule has 0 bridgehead atoms. The van der Waals surface area contributed by atoms with E-state index in [2.05, 4.69) is 10.6 Å². The summed E-state index contributed by atoms with van der Waals surface area (Å²) in [5.74, 6) is 0.711. The number of rotatable bonds is 5. The maximum Gasteiger partial charge on any atom is 0.323 e. The van der Waals surface area contributed by atoms with Crippen LogP contribution in [0.3, 0.4) is 0 Å². The zero-order valence-electron chi connectivity index (χ0n) is 14.5. The Labute approximate surface area is 157 Å². The molecule has 0 aromatic heterocycles. The third-order valence-electron chi connectivity index (χ3n) is 3.60. The minimum Gasteiger partial charge on any atom is -0.456 e. The van der Waals surface area contributed by atoms with Crippen LogP contribution in [0.4, 0.5) is 16.2 Å². The lowest BCUT2D eigenvalue weighted by molar-refractivity contribution is 0.262. The van der Waals surface area contributed by atoms with Crippen molar-refractivity contribution in [2.24, 2.45) is 0 Å². The maximum atomic E-state index is 12.2. The number of hydrogen-bond donors (Lipinski definition) is 2. The van der Waals surface area contributed by atoms with Crippen LogP contribution in [0.1, 0.15) is 0 Å². The van der Waals surface area contributed by atoms with Crippen molar-refractivity contribution in [3.63, 3.8) is 0 Å². The maximum absolute atomic E-state index is 12.2. The fourth-order valence-corrected chi connectivity index (χ4v) is 3.21. The van der Waals surface area contributed by atoms with Gasteiger partial charge in [0.25, 0.3) is 0 Å². The number of nitrogens with one attached hydrogen (secondary N) is 2. The average molecular weight is 382 g/mol. The molecule has 3 aromatic carbocycles. The third kappa shape index (κ3) is 5.08. The summed E-state index contributed by atoms with van der Waals surface area (Å²) in [5, 5.41) is 5.30. The Balaban J connectivity index is 1.82. The van der Waals surface area contributed by atoms with Crippen molar-refractivity contribution in [2.45, 2.75) is 4.90 Å². The molecular weight excluding hydrogens is 364 g/mol. The lowest BCUT2D eigenvalue weighted by Gasteiger charge is -2.13. The van der Waals surface area contributed by atoms with Gasteiger partial charge in [-0.05, 0) is 42.5 Å². The van der Waals surface area contributed by atoms with Gasteiger partial charge in [-0.25, -0.2) is 13.2 Å². The van der Waals surface area contributed by atoms with Crippen LogP contribution in [0.15, 0.2) is 83.8 Å². The van der Waals surface area contributed by atoms with Gasteiger partial charge >= 0.3 is 6.03 Å². The Bertz CT molecular complexity index is 1040. The minimum atomic E-state index is -3.57. The van der Waals surface area contributed by atoms with Gasteiger partial charge in [0, 0.05) is 17.6 Å². The summed E-state index contributed by atoms with van der Waals surface area (Å²) in [6.07, 6.45) is 1.09. The molecule has 0 aliphatic heterocycles. The van der Waals surface area contributed by atoms with Crippen LogP contribution >= 0.6 is 0 Å². The Kier molecular flexibility index (Phi) is 5.42. The standard InChI is InChI=1S/C20H18N2O4S/c1-27(24,25)19-14-16(22-20(23)21-15-8-4-2-5-9-15)12-13-18(19)26-17-10-6-3-7-11-17/h2-14H,1H3,(H2,21,22,23). The van der Waals surface area contributed by atoms with Crippen molar-refractivity contribution in [3.8, 4) is 11.5 Å². The van der Waals surface area contributed by atoms with Gasteiger partial charge in [0.1, 0.15) is 16.4 Å². The van der Waals surface area contributed by atoms with Gasteiger partial charge in [-0.15, -0.1) is 0 Å². The van der Waals surface area contributed by atoms with E-state index in [9.17, 15) is 13.2 Å². The summed E-state index contributed by atoms with van der Waals surface area (Å²) in [6, 6.07) is 21.8. The fraction of sp³-hybridized carbons (Fsp3) is 0.0500. The number of carbonyl (C=O) groups excluding carboxylic acids is 1. The highest BCUT2D eigenvalue weighted by molar-refractivity contribution is 7.90. The monoisotopic (exact) mass is 382 g/mol. The average Bonchev–Trinajstić information content (AvgIpc) is 2.64. The van der Waals surface area contributed by atoms with Crippen molar-refractivity contribution in [2.75, 3.05) is 16.9 Å². The molecule has 0 aliphatic carbocycles. The number of para-hydroxylation sites is 2. The third-order valence-corrected chi connectivity index (χ3v) is 4.72. The summed E-state index contributed by atoms with van der Waals surface area (Å²) in [4.78, 5) is 12.1. The number of urea groups is 1. The molecule has 7 heteroatoms. The molecule has 0 heterocycles. The summed E-state index contributed by atoms with van der Waals surface area (Å²) in [6.45, 7) is 0. The van der Waals surface area contributed by atoms with Crippen molar-refractivity contribution >= 4 is 27.2 Å². The highest BCUT2D eigenvalue weighted by atomic mass is 32.2. The molecule has 2 amide bonds. The van der Waals surface area contributed by atoms with Crippen molar-refractivity contribution < 1.29 is 17.9 Å². The van der Waals surface area contributed by atoms with E-state index in [1.54, 1.807) is 54.6 Å². The number of amides is 2. The van der Waals surface area contributed by atoms with E-state index in [1.807, 2.05) is 12.1 Å². The molecule has 0 atom stereocenters. The smallest absolute Gasteiger partial charge is 0.323 e. The molecule has 0 saturated carbocycles. The van der Waals surface area contributed by atoms with Crippen molar-refractivity contribution in [3.05, 3.63) is 78.9 Å². The molecule has 0 spiro atoms. The summed E-state index contributed by atoms with van der Waals surface area (Å²) >= 11 is 0.